The maximum absolute atomic E-state index is 13.6. The highest BCUT2D eigenvalue weighted by molar-refractivity contribution is 6.34. The van der Waals surface area contributed by atoms with Gasteiger partial charge in [0.15, 0.2) is 17.2 Å². The van der Waals surface area contributed by atoms with E-state index in [1.807, 2.05) is 6.07 Å². The molecule has 0 spiro atoms. The van der Waals surface area contributed by atoms with Gasteiger partial charge in [-0.3, -0.25) is 0 Å². The van der Waals surface area contributed by atoms with E-state index < -0.39 is 5.82 Å². The molecule has 0 bridgehead atoms. The van der Waals surface area contributed by atoms with Crippen molar-refractivity contribution in [2.75, 3.05) is 5.73 Å². The highest BCUT2D eigenvalue weighted by atomic mass is 35.5. The summed E-state index contributed by atoms with van der Waals surface area (Å²) >= 11 is 5.98. The molecule has 0 aliphatic carbocycles. The van der Waals surface area contributed by atoms with Crippen LogP contribution in [0.25, 0.3) is 22.4 Å². The van der Waals surface area contributed by atoms with Gasteiger partial charge in [0.2, 0.25) is 5.95 Å². The molecule has 4 nitrogen and oxygen atoms in total. The molecule has 6 heteroatoms. The molecule has 1 aromatic carbocycles. The fourth-order valence-corrected chi connectivity index (χ4v) is 1.92. The fourth-order valence-electron chi connectivity index (χ4n) is 1.70. The number of fused-ring (bicyclic) bond motifs is 1. The average molecular weight is 264 g/mol. The van der Waals surface area contributed by atoms with E-state index in [0.717, 1.165) is 11.6 Å². The fraction of sp³-hybridized carbons (Fsp3) is 0. The van der Waals surface area contributed by atoms with Crippen molar-refractivity contribution < 1.29 is 8.81 Å². The van der Waals surface area contributed by atoms with Gasteiger partial charge in [-0.2, -0.15) is 0 Å². The van der Waals surface area contributed by atoms with Gasteiger partial charge in [0.05, 0.1) is 11.2 Å². The van der Waals surface area contributed by atoms with Crippen molar-refractivity contribution >= 4 is 28.5 Å². The van der Waals surface area contributed by atoms with E-state index in [2.05, 4.69) is 9.97 Å². The molecule has 2 N–H and O–H groups in total. The average Bonchev–Trinajstić information content (AvgIpc) is 2.77. The van der Waals surface area contributed by atoms with Crippen molar-refractivity contribution in [3.8, 4) is 11.5 Å². The molecule has 0 aliphatic rings. The number of aromatic nitrogens is 2. The van der Waals surface area contributed by atoms with Gasteiger partial charge >= 0.3 is 0 Å². The third-order valence-electron chi connectivity index (χ3n) is 2.49. The highest BCUT2D eigenvalue weighted by Crippen LogP contribution is 2.32. The van der Waals surface area contributed by atoms with Crippen LogP contribution in [-0.4, -0.2) is 9.97 Å². The van der Waals surface area contributed by atoms with Crippen molar-refractivity contribution in [3.05, 3.63) is 41.3 Å². The number of benzene rings is 1. The molecular formula is C12H7ClFN3O. The van der Waals surface area contributed by atoms with Crippen LogP contribution in [0.15, 0.2) is 34.9 Å². The van der Waals surface area contributed by atoms with Gasteiger partial charge in [-0.25, -0.2) is 14.4 Å². The first kappa shape index (κ1) is 11.0. The Hall–Kier alpha value is -2.14. The Bertz CT molecular complexity index is 741. The topological polar surface area (TPSA) is 64.9 Å². The second kappa shape index (κ2) is 3.96. The maximum Gasteiger partial charge on any atom is 0.220 e. The Labute approximate surface area is 106 Å². The molecule has 3 rings (SSSR count). The van der Waals surface area contributed by atoms with E-state index in [1.165, 1.54) is 0 Å². The molecule has 2 aromatic heterocycles. The summed E-state index contributed by atoms with van der Waals surface area (Å²) in [5, 5.41) is 1.23. The van der Waals surface area contributed by atoms with Gasteiger partial charge in [0.1, 0.15) is 5.69 Å². The Balaban J connectivity index is 2.26. The predicted octanol–water partition coefficient (Wildman–Crippen LogP) is 3.26. The minimum atomic E-state index is -0.598. The molecular weight excluding hydrogens is 257 g/mol. The summed E-state index contributed by atoms with van der Waals surface area (Å²) in [5.41, 5.74) is 5.95. The Kier molecular flexibility index (Phi) is 2.41. The van der Waals surface area contributed by atoms with E-state index in [4.69, 9.17) is 21.8 Å². The second-order valence-electron chi connectivity index (χ2n) is 3.69. The molecule has 3 aromatic rings. The van der Waals surface area contributed by atoms with E-state index >= 15 is 0 Å². The molecule has 0 atom stereocenters. The first-order valence-corrected chi connectivity index (χ1v) is 5.49. The summed E-state index contributed by atoms with van der Waals surface area (Å²) in [6.45, 7) is 0. The van der Waals surface area contributed by atoms with Gasteiger partial charge in [0, 0.05) is 5.39 Å². The Morgan fingerprint density at radius 2 is 2.17 bits per heavy atom. The van der Waals surface area contributed by atoms with Crippen molar-refractivity contribution in [1.82, 2.24) is 9.97 Å². The number of hydrogen-bond donors (Lipinski definition) is 1. The molecule has 18 heavy (non-hydrogen) atoms. The summed E-state index contributed by atoms with van der Waals surface area (Å²) < 4.78 is 19.1. The normalized spacial score (nSPS) is 11.0. The third kappa shape index (κ3) is 1.69. The van der Waals surface area contributed by atoms with Crippen LogP contribution >= 0.6 is 11.6 Å². The van der Waals surface area contributed by atoms with Gasteiger partial charge in [-0.1, -0.05) is 23.7 Å². The van der Waals surface area contributed by atoms with Gasteiger partial charge in [-0.05, 0) is 12.1 Å². The number of furan rings is 1. The lowest BCUT2D eigenvalue weighted by molar-refractivity contribution is 0.590. The summed E-state index contributed by atoms with van der Waals surface area (Å²) in [7, 11) is 0. The first-order valence-electron chi connectivity index (χ1n) is 5.11. The monoisotopic (exact) mass is 263 g/mol. The first-order chi connectivity index (χ1) is 8.65. The smallest absolute Gasteiger partial charge is 0.220 e. The van der Waals surface area contributed by atoms with Crippen LogP contribution in [0, 0.1) is 5.82 Å². The van der Waals surface area contributed by atoms with Gasteiger partial charge < -0.3 is 10.2 Å². The van der Waals surface area contributed by atoms with Crippen LogP contribution in [0.1, 0.15) is 0 Å². The van der Waals surface area contributed by atoms with E-state index in [0.29, 0.717) is 10.6 Å². The molecule has 0 unspecified atom stereocenters. The van der Waals surface area contributed by atoms with Gasteiger partial charge in [-0.15, -0.1) is 0 Å². The molecule has 90 valence electrons. The third-order valence-corrected chi connectivity index (χ3v) is 2.79. The minimum absolute atomic E-state index is 0.0158. The Morgan fingerprint density at radius 1 is 1.33 bits per heavy atom. The second-order valence-corrected chi connectivity index (χ2v) is 4.10. The van der Waals surface area contributed by atoms with Crippen LogP contribution in [0.3, 0.4) is 0 Å². The number of nitrogens with zero attached hydrogens (tertiary/aromatic N) is 2. The number of halogens is 2. The van der Waals surface area contributed by atoms with Crippen molar-refractivity contribution in [1.29, 1.82) is 0 Å². The standard InChI is InChI=1S/C12H7ClFN3O/c13-7-3-1-2-6-4-9(18-11(6)7)10-8(14)5-16-12(15)17-10/h1-5H,(H2,15,16,17). The quantitative estimate of drug-likeness (QED) is 0.732. The lowest BCUT2D eigenvalue weighted by atomic mass is 10.2. The zero-order valence-electron chi connectivity index (χ0n) is 9.02. The number of hydrogen-bond acceptors (Lipinski definition) is 4. The highest BCUT2D eigenvalue weighted by Gasteiger charge is 2.14. The number of anilines is 1. The predicted molar refractivity (Wildman–Crippen MR) is 66.6 cm³/mol. The summed E-state index contributed by atoms with van der Waals surface area (Å²) in [4.78, 5) is 7.38. The number of para-hydroxylation sites is 1. The van der Waals surface area contributed by atoms with Crippen molar-refractivity contribution in [2.45, 2.75) is 0 Å². The van der Waals surface area contributed by atoms with Crippen LogP contribution in [0.4, 0.5) is 10.3 Å². The van der Waals surface area contributed by atoms with Crippen molar-refractivity contribution in [3.63, 3.8) is 0 Å². The van der Waals surface area contributed by atoms with Crippen LogP contribution in [0.5, 0.6) is 0 Å². The lowest BCUT2D eigenvalue weighted by Crippen LogP contribution is -1.98. The zero-order valence-corrected chi connectivity index (χ0v) is 9.78. The SMILES string of the molecule is Nc1ncc(F)c(-c2cc3cccc(Cl)c3o2)n1. The zero-order chi connectivity index (χ0) is 12.7. The van der Waals surface area contributed by atoms with Crippen LogP contribution in [0.2, 0.25) is 5.02 Å². The molecule has 0 saturated heterocycles. The van der Waals surface area contributed by atoms with E-state index in [1.54, 1.807) is 18.2 Å². The molecule has 0 aliphatic heterocycles. The minimum Gasteiger partial charge on any atom is -0.453 e. The van der Waals surface area contributed by atoms with E-state index in [-0.39, 0.29) is 17.4 Å². The van der Waals surface area contributed by atoms with Crippen LogP contribution in [-0.2, 0) is 0 Å². The number of nitrogen functional groups attached to an aromatic ring is 1. The Morgan fingerprint density at radius 3 is 2.94 bits per heavy atom. The summed E-state index contributed by atoms with van der Waals surface area (Å²) in [5.74, 6) is -0.345. The van der Waals surface area contributed by atoms with Gasteiger partial charge in [0.25, 0.3) is 0 Å². The summed E-state index contributed by atoms with van der Waals surface area (Å²) in [6.07, 6.45) is 1.01. The van der Waals surface area contributed by atoms with Crippen molar-refractivity contribution in [2.24, 2.45) is 0 Å². The lowest BCUT2D eigenvalue weighted by Gasteiger charge is -1.98. The van der Waals surface area contributed by atoms with Crippen LogP contribution < -0.4 is 5.73 Å². The maximum atomic E-state index is 13.6. The molecule has 0 radical (unpaired) electrons. The number of nitrogens with two attached hydrogens (primary N) is 1. The largest absolute Gasteiger partial charge is 0.453 e. The molecule has 0 amide bonds. The summed E-state index contributed by atoms with van der Waals surface area (Å²) in [6, 6.07) is 6.96. The van der Waals surface area contributed by atoms with E-state index in [9.17, 15) is 4.39 Å². The number of rotatable bonds is 1. The molecule has 2 heterocycles. The molecule has 0 fully saturated rings. The molecule has 0 saturated carbocycles.